The first kappa shape index (κ1) is 23.1. The summed E-state index contributed by atoms with van der Waals surface area (Å²) >= 11 is 0. The van der Waals surface area contributed by atoms with Gasteiger partial charge in [0.05, 0.1) is 23.1 Å². The summed E-state index contributed by atoms with van der Waals surface area (Å²) in [5.74, 6) is -1.33. The highest BCUT2D eigenvalue weighted by molar-refractivity contribution is 6.06. The minimum atomic E-state index is -4.78. The number of hydrogen-bond acceptors (Lipinski definition) is 4. The van der Waals surface area contributed by atoms with E-state index in [-0.39, 0.29) is 22.7 Å². The second-order valence-electron chi connectivity index (χ2n) is 7.80. The van der Waals surface area contributed by atoms with Crippen molar-refractivity contribution in [1.82, 2.24) is 4.90 Å². The molecule has 1 fully saturated rings. The van der Waals surface area contributed by atoms with E-state index in [4.69, 9.17) is 4.42 Å². The summed E-state index contributed by atoms with van der Waals surface area (Å²) in [4.78, 5) is 38.4. The van der Waals surface area contributed by atoms with E-state index in [0.29, 0.717) is 25.1 Å². The zero-order valence-electron chi connectivity index (χ0n) is 17.8. The van der Waals surface area contributed by atoms with Crippen molar-refractivity contribution in [3.05, 3.63) is 83.3 Å². The first-order chi connectivity index (χ1) is 16.2. The molecule has 0 radical (unpaired) electrons. The first-order valence-corrected chi connectivity index (χ1v) is 10.4. The van der Waals surface area contributed by atoms with Crippen molar-refractivity contribution in [3.63, 3.8) is 0 Å². The number of alkyl halides is 3. The molecule has 176 valence electrons. The molecule has 3 aromatic rings. The molecule has 2 aromatic carbocycles. The maximum absolute atomic E-state index is 13.7. The third-order valence-corrected chi connectivity index (χ3v) is 5.35. The number of rotatable bonds is 6. The Morgan fingerprint density at radius 1 is 1.00 bits per heavy atom. The van der Waals surface area contributed by atoms with Gasteiger partial charge in [-0.3, -0.25) is 14.4 Å². The Hall–Kier alpha value is -4.08. The van der Waals surface area contributed by atoms with Crippen LogP contribution < -0.4 is 10.6 Å². The minimum Gasteiger partial charge on any atom is -0.472 e. The molecule has 10 heteroatoms. The Morgan fingerprint density at radius 2 is 1.79 bits per heavy atom. The second kappa shape index (κ2) is 9.42. The highest BCUT2D eigenvalue weighted by Crippen LogP contribution is 2.37. The average Bonchev–Trinajstić information content (AvgIpc) is 3.47. The van der Waals surface area contributed by atoms with E-state index >= 15 is 0 Å². The lowest BCUT2D eigenvalue weighted by Crippen LogP contribution is -2.24. The van der Waals surface area contributed by atoms with Crippen LogP contribution >= 0.6 is 0 Å². The molecule has 1 aliphatic heterocycles. The monoisotopic (exact) mass is 471 g/mol. The fourth-order valence-electron chi connectivity index (χ4n) is 3.66. The maximum Gasteiger partial charge on any atom is 0.418 e. The Kier molecular flexibility index (Phi) is 6.40. The number of likely N-dealkylation sites (tertiary alicyclic amines) is 1. The first-order valence-electron chi connectivity index (χ1n) is 10.4. The summed E-state index contributed by atoms with van der Waals surface area (Å²) in [6, 6.07) is 10.9. The molecule has 0 saturated carbocycles. The van der Waals surface area contributed by atoms with Crippen LogP contribution in [0.2, 0.25) is 0 Å². The molecule has 3 amide bonds. The van der Waals surface area contributed by atoms with Crippen LogP contribution in [0.5, 0.6) is 0 Å². The van der Waals surface area contributed by atoms with Gasteiger partial charge < -0.3 is 20.0 Å². The van der Waals surface area contributed by atoms with E-state index in [0.717, 1.165) is 18.6 Å². The minimum absolute atomic E-state index is 0.0321. The fourth-order valence-corrected chi connectivity index (χ4v) is 3.66. The molecule has 4 rings (SSSR count). The lowest BCUT2D eigenvalue weighted by Gasteiger charge is -2.17. The molecule has 0 unspecified atom stereocenters. The van der Waals surface area contributed by atoms with E-state index in [1.807, 2.05) is 0 Å². The second-order valence-corrected chi connectivity index (χ2v) is 7.80. The largest absolute Gasteiger partial charge is 0.472 e. The third-order valence-electron chi connectivity index (χ3n) is 5.35. The van der Waals surface area contributed by atoms with Crippen molar-refractivity contribution < 1.29 is 32.0 Å². The standard InChI is InChI=1S/C24H20F3N3O4/c25-24(26,27)19-12-18(28-23(33)17-8-10-34-14-17)6-7-20(19)29-22(32)16-4-1-3-15(11-16)13-30-9-2-5-21(30)31/h1,3-4,6-8,10-12,14H,2,5,9,13H2,(H,28,33)(H,29,32). The van der Waals surface area contributed by atoms with Gasteiger partial charge in [0.15, 0.2) is 0 Å². The van der Waals surface area contributed by atoms with E-state index < -0.39 is 29.2 Å². The summed E-state index contributed by atoms with van der Waals surface area (Å²) in [6.45, 7) is 0.965. The van der Waals surface area contributed by atoms with Crippen LogP contribution in [-0.4, -0.2) is 29.2 Å². The van der Waals surface area contributed by atoms with E-state index in [1.165, 1.54) is 30.7 Å². The molecule has 0 atom stereocenters. The van der Waals surface area contributed by atoms with Crippen LogP contribution in [0.4, 0.5) is 24.5 Å². The van der Waals surface area contributed by atoms with Gasteiger partial charge in [-0.05, 0) is 48.4 Å². The quantitative estimate of drug-likeness (QED) is 0.534. The molecular formula is C24H20F3N3O4. The number of halogens is 3. The third kappa shape index (κ3) is 5.28. The lowest BCUT2D eigenvalue weighted by molar-refractivity contribution is -0.137. The zero-order valence-corrected chi connectivity index (χ0v) is 17.8. The van der Waals surface area contributed by atoms with Crippen molar-refractivity contribution in [1.29, 1.82) is 0 Å². The normalized spacial score (nSPS) is 13.7. The molecule has 34 heavy (non-hydrogen) atoms. The number of nitrogens with one attached hydrogen (secondary N) is 2. The van der Waals surface area contributed by atoms with Gasteiger partial charge in [-0.1, -0.05) is 12.1 Å². The summed E-state index contributed by atoms with van der Waals surface area (Å²) in [5, 5.41) is 4.67. The number of carbonyl (C=O) groups is 3. The Balaban J connectivity index is 1.52. The van der Waals surface area contributed by atoms with Gasteiger partial charge in [0.25, 0.3) is 11.8 Å². The number of carbonyl (C=O) groups excluding carboxylic acids is 3. The SMILES string of the molecule is O=C(Nc1ccc(NC(=O)c2cccc(CN3CCCC3=O)c2)c(C(F)(F)F)c1)c1ccoc1. The summed E-state index contributed by atoms with van der Waals surface area (Å²) in [7, 11) is 0. The van der Waals surface area contributed by atoms with Gasteiger partial charge in [0.1, 0.15) is 6.26 Å². The van der Waals surface area contributed by atoms with Crippen molar-refractivity contribution >= 4 is 29.1 Å². The Bertz CT molecular complexity index is 1220. The van der Waals surface area contributed by atoms with Crippen LogP contribution in [0.3, 0.4) is 0 Å². The van der Waals surface area contributed by atoms with Gasteiger partial charge in [-0.15, -0.1) is 0 Å². The van der Waals surface area contributed by atoms with Gasteiger partial charge in [0, 0.05) is 30.8 Å². The molecule has 1 saturated heterocycles. The smallest absolute Gasteiger partial charge is 0.418 e. The summed E-state index contributed by atoms with van der Waals surface area (Å²) in [5.41, 5.74) is -0.621. The number of furan rings is 1. The van der Waals surface area contributed by atoms with Crippen LogP contribution in [0.1, 0.15) is 44.7 Å². The van der Waals surface area contributed by atoms with Gasteiger partial charge in [-0.2, -0.15) is 13.2 Å². The predicted octanol–water partition coefficient (Wildman–Crippen LogP) is 4.93. The summed E-state index contributed by atoms with van der Waals surface area (Å²) in [6.07, 6.45) is -1.08. The van der Waals surface area contributed by atoms with Gasteiger partial charge >= 0.3 is 6.18 Å². The average molecular weight is 471 g/mol. The number of hydrogen-bond donors (Lipinski definition) is 2. The van der Waals surface area contributed by atoms with Gasteiger partial charge in [0.2, 0.25) is 5.91 Å². The molecule has 7 nitrogen and oxygen atoms in total. The number of nitrogens with zero attached hydrogens (tertiary/aromatic N) is 1. The van der Waals surface area contributed by atoms with Crippen molar-refractivity contribution in [3.8, 4) is 0 Å². The molecule has 2 N–H and O–H groups in total. The molecule has 1 aliphatic rings. The fraction of sp³-hybridized carbons (Fsp3) is 0.208. The van der Waals surface area contributed by atoms with Crippen LogP contribution in [-0.2, 0) is 17.5 Å². The lowest BCUT2D eigenvalue weighted by atomic mass is 10.1. The highest BCUT2D eigenvalue weighted by Gasteiger charge is 2.34. The van der Waals surface area contributed by atoms with Crippen molar-refractivity contribution in [2.45, 2.75) is 25.6 Å². The van der Waals surface area contributed by atoms with Crippen LogP contribution in [0.15, 0.2) is 65.5 Å². The highest BCUT2D eigenvalue weighted by atomic mass is 19.4. The molecule has 0 aliphatic carbocycles. The Morgan fingerprint density at radius 3 is 2.47 bits per heavy atom. The zero-order chi connectivity index (χ0) is 24.3. The molecular weight excluding hydrogens is 451 g/mol. The number of amides is 3. The number of anilines is 2. The van der Waals surface area contributed by atoms with Crippen LogP contribution in [0, 0.1) is 0 Å². The molecule has 0 spiro atoms. The molecule has 1 aromatic heterocycles. The van der Waals surface area contributed by atoms with Crippen molar-refractivity contribution in [2.24, 2.45) is 0 Å². The van der Waals surface area contributed by atoms with Crippen molar-refractivity contribution in [2.75, 3.05) is 17.2 Å². The molecule has 0 bridgehead atoms. The predicted molar refractivity (Wildman–Crippen MR) is 117 cm³/mol. The van der Waals surface area contributed by atoms with E-state index in [2.05, 4.69) is 10.6 Å². The Labute approximate surface area is 192 Å². The van der Waals surface area contributed by atoms with Gasteiger partial charge in [-0.25, -0.2) is 0 Å². The molecule has 2 heterocycles. The van der Waals surface area contributed by atoms with Crippen LogP contribution in [0.25, 0.3) is 0 Å². The summed E-state index contributed by atoms with van der Waals surface area (Å²) < 4.78 is 45.9. The maximum atomic E-state index is 13.7. The van der Waals surface area contributed by atoms with E-state index in [1.54, 1.807) is 23.1 Å². The van der Waals surface area contributed by atoms with E-state index in [9.17, 15) is 27.6 Å². The number of benzene rings is 2. The topological polar surface area (TPSA) is 91.7 Å².